The van der Waals surface area contributed by atoms with Gasteiger partial charge in [0.2, 0.25) is 0 Å². The molecule has 34 heavy (non-hydrogen) atoms. The normalized spacial score (nSPS) is 10.9. The molecule has 6 aromatic heterocycles. The molecule has 0 atom stereocenters. The summed E-state index contributed by atoms with van der Waals surface area (Å²) in [5.74, 6) is 0. The van der Waals surface area contributed by atoms with E-state index in [9.17, 15) is 0 Å². The van der Waals surface area contributed by atoms with E-state index in [1.54, 1.807) is 0 Å². The van der Waals surface area contributed by atoms with Gasteiger partial charge in [0.05, 0.1) is 34.2 Å². The molecule has 0 amide bonds. The smallest absolute Gasteiger partial charge is 0.350 e. The first-order chi connectivity index (χ1) is 16.9. The molecule has 6 nitrogen and oxygen atoms in total. The Morgan fingerprint density at radius 1 is 0.412 bits per heavy atom. The Kier molecular flexibility index (Phi) is 5.12. The predicted octanol–water partition coefficient (Wildman–Crippen LogP) is 5.21. The summed E-state index contributed by atoms with van der Waals surface area (Å²) in [6.45, 7) is 0. The van der Waals surface area contributed by atoms with Crippen molar-refractivity contribution >= 4 is 7.12 Å². The number of hydrogen-bond acceptors (Lipinski definition) is 3. The summed E-state index contributed by atoms with van der Waals surface area (Å²) in [4.78, 5) is 13.9. The largest absolute Gasteiger partial charge is 0.517 e. The molecule has 162 valence electrons. The summed E-state index contributed by atoms with van der Waals surface area (Å²) in [6, 6.07) is 30.4. The van der Waals surface area contributed by atoms with E-state index in [0.29, 0.717) is 0 Å². The molecule has 0 saturated carbocycles. The molecule has 0 N–H and O–H groups in total. The zero-order valence-electron chi connectivity index (χ0n) is 18.4. The van der Waals surface area contributed by atoms with Crippen LogP contribution in [-0.4, -0.2) is 35.5 Å². The van der Waals surface area contributed by atoms with Crippen LogP contribution in [0.4, 0.5) is 0 Å². The quantitative estimate of drug-likeness (QED) is 0.334. The Bertz CT molecular complexity index is 1320. The van der Waals surface area contributed by atoms with Crippen molar-refractivity contribution in [3.05, 3.63) is 128 Å². The highest BCUT2D eigenvalue weighted by molar-refractivity contribution is 6.55. The molecule has 6 rings (SSSR count). The zero-order valence-corrected chi connectivity index (χ0v) is 18.4. The first-order valence-corrected chi connectivity index (χ1v) is 11.1. The maximum Gasteiger partial charge on any atom is 0.517 e. The van der Waals surface area contributed by atoms with Gasteiger partial charge in [0, 0.05) is 18.6 Å². The number of rotatable bonds is 6. The van der Waals surface area contributed by atoms with Crippen molar-refractivity contribution in [1.82, 2.24) is 28.4 Å². The number of hydrogen-bond donors (Lipinski definition) is 0. The van der Waals surface area contributed by atoms with Gasteiger partial charge in [-0.2, -0.15) is 0 Å². The molecule has 0 spiro atoms. The van der Waals surface area contributed by atoms with Gasteiger partial charge >= 0.3 is 7.12 Å². The number of nitrogens with zero attached hydrogens (tertiary/aromatic N) is 6. The third kappa shape index (κ3) is 3.53. The molecule has 7 heteroatoms. The van der Waals surface area contributed by atoms with Gasteiger partial charge in [-0.15, -0.1) is 0 Å². The lowest BCUT2D eigenvalue weighted by Crippen LogP contribution is -2.41. The Balaban J connectivity index is 1.59. The highest BCUT2D eigenvalue weighted by atomic mass is 15.2. The van der Waals surface area contributed by atoms with Crippen LogP contribution in [0.3, 0.4) is 0 Å². The summed E-state index contributed by atoms with van der Waals surface area (Å²) in [5.41, 5.74) is 5.80. The molecular formula is C27H21BN6. The van der Waals surface area contributed by atoms with Gasteiger partial charge in [0.15, 0.2) is 0 Å². The molecule has 0 aromatic carbocycles. The average molecular weight is 440 g/mol. The third-order valence-corrected chi connectivity index (χ3v) is 5.87. The molecule has 0 bridgehead atoms. The van der Waals surface area contributed by atoms with Crippen molar-refractivity contribution in [1.29, 1.82) is 0 Å². The highest BCUT2D eigenvalue weighted by Gasteiger charge is 2.30. The van der Waals surface area contributed by atoms with E-state index < -0.39 is 0 Å². The molecule has 0 fully saturated rings. The lowest BCUT2D eigenvalue weighted by Gasteiger charge is -2.24. The van der Waals surface area contributed by atoms with Crippen molar-refractivity contribution in [2.24, 2.45) is 0 Å². The summed E-state index contributed by atoms with van der Waals surface area (Å²) in [6.07, 6.45) is 11.8. The standard InChI is InChI=1S/C27H21BN6/c1-4-16-29-22(10-1)25-13-7-19-32(25)28(33-20-8-14-26(33)23-11-2-5-17-30-23)34-21-9-15-27(34)24-12-3-6-18-31-24/h1-21H. The second kappa shape index (κ2) is 8.71. The average Bonchev–Trinajstić information content (AvgIpc) is 3.68. The van der Waals surface area contributed by atoms with Crippen molar-refractivity contribution in [2.45, 2.75) is 0 Å². The van der Waals surface area contributed by atoms with Crippen LogP contribution >= 0.6 is 0 Å². The van der Waals surface area contributed by atoms with E-state index in [-0.39, 0.29) is 7.12 Å². The maximum absolute atomic E-state index is 4.62. The molecule has 0 saturated heterocycles. The van der Waals surface area contributed by atoms with Crippen LogP contribution in [0.25, 0.3) is 34.2 Å². The van der Waals surface area contributed by atoms with E-state index in [4.69, 9.17) is 0 Å². The lowest BCUT2D eigenvalue weighted by molar-refractivity contribution is 0.966. The summed E-state index contributed by atoms with van der Waals surface area (Å²) in [7, 11) is -0.244. The Morgan fingerprint density at radius 2 is 0.765 bits per heavy atom. The fourth-order valence-electron chi connectivity index (χ4n) is 4.38. The predicted molar refractivity (Wildman–Crippen MR) is 135 cm³/mol. The van der Waals surface area contributed by atoms with Gasteiger partial charge < -0.3 is 13.4 Å². The first-order valence-electron chi connectivity index (χ1n) is 11.1. The molecule has 0 aliphatic rings. The summed E-state index contributed by atoms with van der Waals surface area (Å²) >= 11 is 0. The van der Waals surface area contributed by atoms with E-state index in [1.165, 1.54) is 0 Å². The Morgan fingerprint density at radius 3 is 1.06 bits per heavy atom. The van der Waals surface area contributed by atoms with Gasteiger partial charge in [0.1, 0.15) is 0 Å². The molecule has 0 aliphatic carbocycles. The molecule has 0 radical (unpaired) electrons. The van der Waals surface area contributed by atoms with Gasteiger partial charge in [-0.25, -0.2) is 0 Å². The van der Waals surface area contributed by atoms with Gasteiger partial charge in [-0.05, 0) is 91.4 Å². The number of aromatic nitrogens is 6. The fourth-order valence-corrected chi connectivity index (χ4v) is 4.38. The van der Waals surface area contributed by atoms with Crippen LogP contribution in [0.5, 0.6) is 0 Å². The van der Waals surface area contributed by atoms with Crippen molar-refractivity contribution in [2.75, 3.05) is 0 Å². The highest BCUT2D eigenvalue weighted by Crippen LogP contribution is 2.26. The van der Waals surface area contributed by atoms with Crippen LogP contribution in [0, 0.1) is 0 Å². The topological polar surface area (TPSA) is 53.5 Å². The summed E-state index contributed by atoms with van der Waals surface area (Å²) < 4.78 is 6.71. The Labute approximate surface area is 198 Å². The van der Waals surface area contributed by atoms with Gasteiger partial charge in [-0.1, -0.05) is 18.2 Å². The van der Waals surface area contributed by atoms with E-state index in [1.807, 2.05) is 73.2 Å². The molecule has 6 heterocycles. The monoisotopic (exact) mass is 440 g/mol. The van der Waals surface area contributed by atoms with Gasteiger partial charge in [0.25, 0.3) is 0 Å². The van der Waals surface area contributed by atoms with Crippen LogP contribution in [0.2, 0.25) is 0 Å². The van der Waals surface area contributed by atoms with Crippen LogP contribution in [0.1, 0.15) is 0 Å². The van der Waals surface area contributed by atoms with Crippen molar-refractivity contribution < 1.29 is 0 Å². The van der Waals surface area contributed by atoms with Gasteiger partial charge in [-0.3, -0.25) is 15.0 Å². The molecular weight excluding hydrogens is 419 g/mol. The van der Waals surface area contributed by atoms with Crippen LogP contribution in [0.15, 0.2) is 128 Å². The minimum atomic E-state index is -0.244. The fraction of sp³-hybridized carbons (Fsp3) is 0. The lowest BCUT2D eigenvalue weighted by atomic mass is 9.89. The van der Waals surface area contributed by atoms with E-state index in [0.717, 1.165) is 34.2 Å². The van der Waals surface area contributed by atoms with Crippen LogP contribution < -0.4 is 0 Å². The molecule has 0 unspecified atom stereocenters. The Hall–Kier alpha value is -4.65. The minimum absolute atomic E-state index is 0.244. The molecule has 0 aliphatic heterocycles. The summed E-state index contributed by atoms with van der Waals surface area (Å²) in [5, 5.41) is 0. The maximum atomic E-state index is 4.62. The van der Waals surface area contributed by atoms with Crippen molar-refractivity contribution in [3.63, 3.8) is 0 Å². The second-order valence-electron chi connectivity index (χ2n) is 7.89. The van der Waals surface area contributed by atoms with E-state index >= 15 is 0 Å². The van der Waals surface area contributed by atoms with Crippen LogP contribution in [-0.2, 0) is 0 Å². The SMILES string of the molecule is c1ccc(-c2cccn2B(n2cccc2-c2ccccn2)n2cccc2-c2ccccn2)nc1. The second-order valence-corrected chi connectivity index (χ2v) is 7.89. The van der Waals surface area contributed by atoms with E-state index in [2.05, 4.69) is 83.4 Å². The zero-order chi connectivity index (χ0) is 22.7. The minimum Gasteiger partial charge on any atom is -0.350 e. The molecule has 6 aromatic rings. The third-order valence-electron chi connectivity index (χ3n) is 5.87. The van der Waals surface area contributed by atoms with Crippen molar-refractivity contribution in [3.8, 4) is 34.2 Å². The number of pyridine rings is 3. The first kappa shape index (κ1) is 20.0.